The third-order valence-electron chi connectivity index (χ3n) is 2.36. The van der Waals surface area contributed by atoms with E-state index in [2.05, 4.69) is 13.8 Å². The number of aromatic hydroxyl groups is 1. The molecule has 1 N–H and O–H groups in total. The van der Waals surface area contributed by atoms with E-state index in [-0.39, 0.29) is 0 Å². The monoisotopic (exact) mass is 475 g/mol. The Morgan fingerprint density at radius 3 is 1.84 bits per heavy atom. The zero-order valence-corrected chi connectivity index (χ0v) is 16.1. The van der Waals surface area contributed by atoms with Crippen molar-refractivity contribution in [3.63, 3.8) is 0 Å². The number of halogens is 2. The Labute approximate surface area is 135 Å². The van der Waals surface area contributed by atoms with Crippen LogP contribution in [-0.4, -0.2) is 5.11 Å². The maximum atomic E-state index is 8.63. The Bertz CT molecular complexity index is 239. The van der Waals surface area contributed by atoms with E-state index in [4.69, 9.17) is 23.9 Å². The Morgan fingerprint density at radius 1 is 1.00 bits per heavy atom. The number of hydrogen-bond donors (Lipinski definition) is 1. The summed E-state index contributed by atoms with van der Waals surface area (Å²) in [4.78, 5) is 0. The van der Waals surface area contributed by atoms with Crippen molar-refractivity contribution in [2.45, 2.75) is 51.9 Å². The van der Waals surface area contributed by atoms with Gasteiger partial charge >= 0.3 is 35.3 Å². The minimum absolute atomic E-state index is 0.322. The summed E-state index contributed by atoms with van der Waals surface area (Å²) in [5.74, 6) is 0.322. The van der Waals surface area contributed by atoms with Gasteiger partial charge < -0.3 is 12.0 Å². The first-order chi connectivity index (χ1) is 9.22. The molecule has 0 atom stereocenters. The fourth-order valence-electron chi connectivity index (χ4n) is 1.39. The molecule has 0 heterocycles. The number of phenols is 1. The first-order valence-electron chi connectivity index (χ1n) is 6.65. The number of unbranched alkanes of at least 4 members (excludes halogenated alkanes) is 6. The van der Waals surface area contributed by atoms with Crippen LogP contribution in [0.4, 0.5) is 0 Å². The van der Waals surface area contributed by atoms with Crippen LogP contribution in [0.1, 0.15) is 51.9 Å². The first-order valence-corrected chi connectivity index (χ1v) is 13.9. The number of para-hydroxylation sites is 1. The molecule has 1 aromatic carbocycles. The fourth-order valence-corrected chi connectivity index (χ4v) is 1.39. The molecule has 0 saturated carbocycles. The number of hydrogen-bond acceptors (Lipinski definition) is 1. The summed E-state index contributed by atoms with van der Waals surface area (Å²) >= 11 is -0.806. The van der Waals surface area contributed by atoms with E-state index in [9.17, 15) is 0 Å². The molecule has 0 unspecified atom stereocenters. The molecule has 0 saturated heterocycles. The van der Waals surface area contributed by atoms with Gasteiger partial charge in [0.1, 0.15) is 5.75 Å². The SMILES string of the molecule is Oc1ccccc1.[CH2-]CCCCCCCC.[Cl][W][Cl]. The van der Waals surface area contributed by atoms with E-state index in [1.165, 1.54) is 38.5 Å². The van der Waals surface area contributed by atoms with E-state index < -0.39 is 16.5 Å². The van der Waals surface area contributed by atoms with Gasteiger partial charge in [-0.05, 0) is 12.1 Å². The third kappa shape index (κ3) is 23.8. The zero-order valence-electron chi connectivity index (χ0n) is 11.7. The molecule has 0 spiro atoms. The van der Waals surface area contributed by atoms with Gasteiger partial charge in [-0.15, -0.1) is 0 Å². The van der Waals surface area contributed by atoms with Crippen LogP contribution in [0.5, 0.6) is 5.75 Å². The molecule has 112 valence electrons. The van der Waals surface area contributed by atoms with Gasteiger partial charge in [0.2, 0.25) is 0 Å². The van der Waals surface area contributed by atoms with Gasteiger partial charge in [0.15, 0.2) is 0 Å². The predicted octanol–water partition coefficient (Wildman–Crippen LogP) is 6.34. The summed E-state index contributed by atoms with van der Waals surface area (Å²) in [7, 11) is 9.86. The minimum atomic E-state index is -0.806. The molecule has 4 heteroatoms. The first kappa shape index (κ1) is 21.6. The average molecular weight is 476 g/mol. The molecule has 1 nitrogen and oxygen atoms in total. The number of phenolic OH excluding ortho intramolecular Hbond substituents is 1. The molecule has 19 heavy (non-hydrogen) atoms. The molecule has 0 radical (unpaired) electrons. The van der Waals surface area contributed by atoms with Crippen LogP contribution < -0.4 is 0 Å². The number of rotatable bonds is 6. The average Bonchev–Trinajstić information content (AvgIpc) is 2.41. The van der Waals surface area contributed by atoms with Crippen LogP contribution in [0.15, 0.2) is 30.3 Å². The van der Waals surface area contributed by atoms with Gasteiger partial charge in [0, 0.05) is 0 Å². The predicted molar refractivity (Wildman–Crippen MR) is 83.2 cm³/mol. The Kier molecular flexibility index (Phi) is 23.4. The zero-order chi connectivity index (χ0) is 14.8. The van der Waals surface area contributed by atoms with Crippen LogP contribution in [0.3, 0.4) is 0 Å². The summed E-state index contributed by atoms with van der Waals surface area (Å²) in [5, 5.41) is 8.63. The quantitative estimate of drug-likeness (QED) is 0.376. The second-order valence-electron chi connectivity index (χ2n) is 4.02. The molecule has 0 fully saturated rings. The molecule has 1 rings (SSSR count). The second-order valence-corrected chi connectivity index (χ2v) is 8.25. The van der Waals surface area contributed by atoms with E-state index >= 15 is 0 Å². The summed E-state index contributed by atoms with van der Waals surface area (Å²) in [6.07, 6.45) is 9.45. The van der Waals surface area contributed by atoms with Crippen molar-refractivity contribution >= 4 is 18.8 Å². The summed E-state index contributed by atoms with van der Waals surface area (Å²) in [5.41, 5.74) is 0. The van der Waals surface area contributed by atoms with E-state index in [0.29, 0.717) is 5.75 Å². The Morgan fingerprint density at radius 2 is 1.47 bits per heavy atom. The summed E-state index contributed by atoms with van der Waals surface area (Å²) < 4.78 is 0. The molecule has 0 amide bonds. The van der Waals surface area contributed by atoms with Crippen molar-refractivity contribution in [2.75, 3.05) is 0 Å². The molecule has 0 aliphatic rings. The van der Waals surface area contributed by atoms with Crippen LogP contribution in [-0.2, 0) is 16.5 Å². The van der Waals surface area contributed by atoms with Crippen molar-refractivity contribution in [2.24, 2.45) is 0 Å². The van der Waals surface area contributed by atoms with Gasteiger partial charge in [-0.3, -0.25) is 0 Å². The van der Waals surface area contributed by atoms with E-state index in [1.807, 2.05) is 6.07 Å². The van der Waals surface area contributed by atoms with Gasteiger partial charge in [-0.1, -0.05) is 63.6 Å². The van der Waals surface area contributed by atoms with Crippen molar-refractivity contribution in [3.05, 3.63) is 37.3 Å². The Balaban J connectivity index is 0. The van der Waals surface area contributed by atoms with Crippen LogP contribution in [0.25, 0.3) is 0 Å². The van der Waals surface area contributed by atoms with E-state index in [0.717, 1.165) is 6.42 Å². The van der Waals surface area contributed by atoms with E-state index in [1.54, 1.807) is 24.3 Å². The molecular weight excluding hydrogens is 451 g/mol. The second kappa shape index (κ2) is 20.6. The molecule has 0 bridgehead atoms. The van der Waals surface area contributed by atoms with Crippen LogP contribution in [0.2, 0.25) is 0 Å². The topological polar surface area (TPSA) is 20.2 Å². The standard InChI is InChI=1S/C9H19.C6H6O.2ClH.W/c1-3-5-7-9-8-6-4-2;7-6-4-2-1-3-5-6;;;/h1,3-9H2,2H3;1-5,7H;2*1H;/q-1;;;;+2/p-2. The van der Waals surface area contributed by atoms with Crippen molar-refractivity contribution in [1.82, 2.24) is 0 Å². The van der Waals surface area contributed by atoms with Gasteiger partial charge in [0.05, 0.1) is 0 Å². The normalized spacial score (nSPS) is 8.84. The van der Waals surface area contributed by atoms with Crippen LogP contribution in [0, 0.1) is 6.92 Å². The van der Waals surface area contributed by atoms with Gasteiger partial charge in [-0.25, -0.2) is 0 Å². The molecule has 0 aliphatic heterocycles. The van der Waals surface area contributed by atoms with Crippen molar-refractivity contribution < 1.29 is 21.6 Å². The van der Waals surface area contributed by atoms with Crippen molar-refractivity contribution in [1.29, 1.82) is 0 Å². The molecule has 0 aromatic heterocycles. The summed E-state index contributed by atoms with van der Waals surface area (Å²) in [6, 6.07) is 8.71. The molecule has 0 aliphatic carbocycles. The summed E-state index contributed by atoms with van der Waals surface area (Å²) in [6.45, 7) is 6.05. The maximum absolute atomic E-state index is 8.63. The number of benzene rings is 1. The van der Waals surface area contributed by atoms with Gasteiger partial charge in [-0.2, -0.15) is 6.42 Å². The van der Waals surface area contributed by atoms with Crippen LogP contribution >= 0.6 is 18.8 Å². The molecular formula is C15H25Cl2OW-. The van der Waals surface area contributed by atoms with Gasteiger partial charge in [0.25, 0.3) is 0 Å². The molecule has 1 aromatic rings. The third-order valence-corrected chi connectivity index (χ3v) is 2.36. The Hall–Kier alpha value is 0.288. The van der Waals surface area contributed by atoms with Crippen molar-refractivity contribution in [3.8, 4) is 5.75 Å². The fraction of sp³-hybridized carbons (Fsp3) is 0.533.